The van der Waals surface area contributed by atoms with Gasteiger partial charge in [0.1, 0.15) is 36.1 Å². The lowest BCUT2D eigenvalue weighted by Gasteiger charge is -2.35. The fourth-order valence-electron chi connectivity index (χ4n) is 10.1. The van der Waals surface area contributed by atoms with E-state index >= 15 is 0 Å². The van der Waals surface area contributed by atoms with Crippen LogP contribution in [-0.4, -0.2) is 103 Å². The molecule has 4 aliphatic heterocycles. The maximum absolute atomic E-state index is 14.2. The van der Waals surface area contributed by atoms with E-state index in [1.807, 2.05) is 55.8 Å². The number of aromatic amines is 2. The van der Waals surface area contributed by atoms with Gasteiger partial charge in [-0.3, -0.25) is 9.59 Å². The second-order valence-electron chi connectivity index (χ2n) is 17.6. The van der Waals surface area contributed by atoms with Crippen molar-refractivity contribution >= 4 is 45.8 Å². The number of fused-ring (bicyclic) bond motifs is 6. The topological polar surface area (TPSA) is 204 Å². The number of carbonyl (C=O) groups is 4. The number of nitrogens with one attached hydrogen (secondary N) is 4. The number of hydrogen-bond acceptors (Lipinski definition) is 9. The number of aromatic nitrogens is 4. The number of ether oxygens (including phenoxy) is 3. The van der Waals surface area contributed by atoms with Gasteiger partial charge in [0, 0.05) is 35.6 Å². The Morgan fingerprint density at radius 2 is 1.65 bits per heavy atom. The van der Waals surface area contributed by atoms with Crippen molar-refractivity contribution in [2.24, 2.45) is 11.8 Å². The van der Waals surface area contributed by atoms with Crippen molar-refractivity contribution in [1.29, 1.82) is 0 Å². The number of nitrogens with zero attached hydrogens (tertiary/aromatic N) is 4. The molecule has 3 aromatic carbocycles. The first-order valence-electron chi connectivity index (χ1n) is 21.7. The molecule has 16 heteroatoms. The number of rotatable bonds is 9. The molecule has 6 heterocycles. The number of alkyl carbamates (subject to hydrolysis) is 1. The maximum Gasteiger partial charge on any atom is 0.407 e. The van der Waals surface area contributed by atoms with Gasteiger partial charge < -0.3 is 49.7 Å². The Kier molecular flexibility index (Phi) is 11.0. The lowest BCUT2D eigenvalue weighted by Crippen LogP contribution is -2.54. The maximum atomic E-state index is 14.2. The van der Waals surface area contributed by atoms with Crippen molar-refractivity contribution in [2.75, 3.05) is 20.3 Å². The van der Waals surface area contributed by atoms with E-state index in [1.54, 1.807) is 0 Å². The summed E-state index contributed by atoms with van der Waals surface area (Å²) in [4.78, 5) is 72.6. The van der Waals surface area contributed by atoms with E-state index in [9.17, 15) is 24.3 Å². The number of amides is 4. The number of carboxylic acid groups (broad SMARTS) is 1. The molecule has 16 nitrogen and oxygen atoms in total. The largest absolute Gasteiger partial charge is 0.488 e. The minimum absolute atomic E-state index is 0.0215. The molecule has 5 aromatic rings. The molecule has 4 amide bonds. The minimum Gasteiger partial charge on any atom is -0.488 e. The number of hydrogen-bond donors (Lipinski definition) is 5. The van der Waals surface area contributed by atoms with E-state index in [4.69, 9.17) is 24.2 Å². The van der Waals surface area contributed by atoms with Gasteiger partial charge in [-0.15, -0.1) is 0 Å². The summed E-state index contributed by atoms with van der Waals surface area (Å²) in [6.45, 7) is 9.16. The highest BCUT2D eigenvalue weighted by Crippen LogP contribution is 2.44. The van der Waals surface area contributed by atoms with Crippen LogP contribution in [0.5, 0.6) is 5.75 Å². The van der Waals surface area contributed by atoms with Gasteiger partial charge in [0.25, 0.3) is 0 Å². The van der Waals surface area contributed by atoms with E-state index in [0.29, 0.717) is 44.3 Å². The highest BCUT2D eigenvalue weighted by Gasteiger charge is 2.44. The predicted octanol–water partition coefficient (Wildman–Crippen LogP) is 7.21. The first-order valence-corrected chi connectivity index (χ1v) is 21.7. The second kappa shape index (κ2) is 16.6. The summed E-state index contributed by atoms with van der Waals surface area (Å²) in [6, 6.07) is 12.2. The zero-order chi connectivity index (χ0) is 43.4. The third kappa shape index (κ3) is 7.47. The SMILES string of the molecule is COC(=O)NC(C(=O)N1[C@@H](C)CC[C@H]1c1ncc(-c2ccc3c(c2)COc2cc4c(ccc5[nH]c([C@@H]6CC[C@H](C)N6C(=O)C(NC(=O)O)[C@H]6CCCOC6)nc54)cc2-3)[nH]1)C(C)C. The summed E-state index contributed by atoms with van der Waals surface area (Å²) in [7, 11) is 1.29. The van der Waals surface area contributed by atoms with Crippen LogP contribution in [0, 0.1) is 11.8 Å². The number of methoxy groups -OCH3 is 1. The average molecular weight is 847 g/mol. The van der Waals surface area contributed by atoms with Crippen LogP contribution in [-0.2, 0) is 25.7 Å². The number of carbonyl (C=O) groups excluding carboxylic acids is 3. The van der Waals surface area contributed by atoms with Gasteiger partial charge >= 0.3 is 12.2 Å². The first kappa shape index (κ1) is 41.2. The van der Waals surface area contributed by atoms with Crippen LogP contribution in [0.15, 0.2) is 48.7 Å². The number of likely N-dealkylation sites (tertiary alicyclic amines) is 2. The smallest absolute Gasteiger partial charge is 0.407 e. The van der Waals surface area contributed by atoms with Crippen molar-refractivity contribution in [3.63, 3.8) is 0 Å². The molecule has 0 bridgehead atoms. The van der Waals surface area contributed by atoms with Gasteiger partial charge in [-0.25, -0.2) is 19.6 Å². The Morgan fingerprint density at radius 3 is 2.35 bits per heavy atom. The Hall–Kier alpha value is -6.16. The Bertz CT molecular complexity index is 2540. The van der Waals surface area contributed by atoms with Crippen LogP contribution in [0.25, 0.3) is 44.2 Å². The lowest BCUT2D eigenvalue weighted by atomic mass is 9.92. The van der Waals surface area contributed by atoms with E-state index < -0.39 is 24.3 Å². The summed E-state index contributed by atoms with van der Waals surface area (Å²) in [5.41, 5.74) is 6.48. The van der Waals surface area contributed by atoms with Crippen molar-refractivity contribution in [3.8, 4) is 28.1 Å². The Balaban J connectivity index is 0.965. The normalized spacial score (nSPS) is 23.2. The number of imidazole rings is 2. The van der Waals surface area contributed by atoms with E-state index in [1.165, 1.54) is 7.11 Å². The summed E-state index contributed by atoms with van der Waals surface area (Å²) in [5, 5.41) is 16.8. The average Bonchev–Trinajstić information content (AvgIpc) is 4.09. The molecule has 2 unspecified atom stereocenters. The van der Waals surface area contributed by atoms with E-state index in [2.05, 4.69) is 50.9 Å². The molecule has 62 heavy (non-hydrogen) atoms. The Morgan fingerprint density at radius 1 is 0.887 bits per heavy atom. The standard InChI is InChI=1S/C46H54N8O8/c1-23(2)38(52-46(59)60-5)43(55)53-24(3)8-14-35(53)41-47-20-34(49-41)27-10-12-30-29(17-27)22-62-37-19-31-26(18-32(30)37)11-13-33-40(31)50-42(48-33)36-15-9-25(4)54(36)44(56)39(51-45(57)58)28-7-6-16-61-21-28/h10-13,17-20,23-25,28,35-36,38-39,51H,6-9,14-16,21-22H2,1-5H3,(H,47,49)(H,48,50)(H,52,59)(H,57,58)/t24-,25-,28-,35-,36-,38?,39?/m0/s1. The molecule has 326 valence electrons. The highest BCUT2D eigenvalue weighted by atomic mass is 16.5. The van der Waals surface area contributed by atoms with Gasteiger partial charge in [0.05, 0.1) is 48.7 Å². The second-order valence-corrected chi connectivity index (χ2v) is 17.6. The molecular weight excluding hydrogens is 793 g/mol. The predicted molar refractivity (Wildman–Crippen MR) is 230 cm³/mol. The fourth-order valence-corrected chi connectivity index (χ4v) is 10.1. The number of benzene rings is 3. The van der Waals surface area contributed by atoms with Crippen molar-refractivity contribution in [3.05, 3.63) is 65.9 Å². The molecule has 0 radical (unpaired) electrons. The van der Waals surface area contributed by atoms with Crippen LogP contribution < -0.4 is 15.4 Å². The molecule has 0 saturated carbocycles. The van der Waals surface area contributed by atoms with E-state index in [0.717, 1.165) is 81.2 Å². The minimum atomic E-state index is -1.22. The van der Waals surface area contributed by atoms with Crippen LogP contribution >= 0.6 is 0 Å². The quantitative estimate of drug-likeness (QED) is 0.101. The monoisotopic (exact) mass is 846 g/mol. The summed E-state index contributed by atoms with van der Waals surface area (Å²) >= 11 is 0. The molecule has 2 aromatic heterocycles. The third-order valence-electron chi connectivity index (χ3n) is 13.4. The third-order valence-corrected chi connectivity index (χ3v) is 13.4. The van der Waals surface area contributed by atoms with Crippen LogP contribution in [0.3, 0.4) is 0 Å². The van der Waals surface area contributed by atoms with Gasteiger partial charge in [-0.2, -0.15) is 0 Å². The molecule has 3 fully saturated rings. The zero-order valence-corrected chi connectivity index (χ0v) is 35.7. The number of H-pyrrole nitrogens is 2. The summed E-state index contributed by atoms with van der Waals surface area (Å²) < 4.78 is 16.9. The highest BCUT2D eigenvalue weighted by molar-refractivity contribution is 6.07. The molecule has 5 N–H and O–H groups in total. The zero-order valence-electron chi connectivity index (χ0n) is 35.7. The van der Waals surface area contributed by atoms with Gasteiger partial charge in [0.15, 0.2) is 0 Å². The molecule has 0 aliphatic carbocycles. The first-order chi connectivity index (χ1) is 29.9. The van der Waals surface area contributed by atoms with Crippen LogP contribution in [0.2, 0.25) is 0 Å². The van der Waals surface area contributed by atoms with Gasteiger partial charge in [-0.1, -0.05) is 32.0 Å². The molecular formula is C46H54N8O8. The van der Waals surface area contributed by atoms with Crippen molar-refractivity contribution in [2.45, 2.75) is 109 Å². The molecule has 3 saturated heterocycles. The van der Waals surface area contributed by atoms with Gasteiger partial charge in [-0.05, 0) is 105 Å². The van der Waals surface area contributed by atoms with Crippen LogP contribution in [0.4, 0.5) is 9.59 Å². The molecule has 9 rings (SSSR count). The van der Waals surface area contributed by atoms with Crippen LogP contribution in [0.1, 0.15) is 95.5 Å². The van der Waals surface area contributed by atoms with Crippen molar-refractivity contribution < 1.29 is 38.5 Å². The summed E-state index contributed by atoms with van der Waals surface area (Å²) in [5.74, 6) is 1.36. The Labute approximate surface area is 359 Å². The molecule has 7 atom stereocenters. The fraction of sp³-hybridized carbons (Fsp3) is 0.478. The summed E-state index contributed by atoms with van der Waals surface area (Å²) in [6.07, 6.45) is 4.49. The molecule has 4 aliphatic rings. The van der Waals surface area contributed by atoms with E-state index in [-0.39, 0.29) is 47.8 Å². The lowest BCUT2D eigenvalue weighted by molar-refractivity contribution is -0.139. The van der Waals surface area contributed by atoms with Gasteiger partial charge in [0.2, 0.25) is 11.8 Å². The molecule has 0 spiro atoms. The van der Waals surface area contributed by atoms with Crippen molar-refractivity contribution in [1.82, 2.24) is 40.4 Å².